The minimum absolute atomic E-state index is 0.0691. The molecule has 2 aromatic carbocycles. The van der Waals surface area contributed by atoms with E-state index in [1.807, 2.05) is 18.2 Å². The lowest BCUT2D eigenvalue weighted by molar-refractivity contribution is -0.128. The van der Waals surface area contributed by atoms with Gasteiger partial charge in [0, 0.05) is 41.7 Å². The van der Waals surface area contributed by atoms with Gasteiger partial charge in [0.25, 0.3) is 0 Å². The average molecular weight is 397 g/mol. The van der Waals surface area contributed by atoms with E-state index < -0.39 is 11.5 Å². The van der Waals surface area contributed by atoms with Crippen molar-refractivity contribution in [1.29, 1.82) is 0 Å². The largest absolute Gasteiger partial charge is 0.423 e. The van der Waals surface area contributed by atoms with Crippen molar-refractivity contribution in [2.45, 2.75) is 13.0 Å². The number of nitrogens with one attached hydrogen (secondary N) is 1. The van der Waals surface area contributed by atoms with Crippen LogP contribution in [0.15, 0.2) is 63.8 Å². The second-order valence-electron chi connectivity index (χ2n) is 6.76. The Balaban J connectivity index is 1.44. The molecule has 0 saturated carbocycles. The van der Waals surface area contributed by atoms with E-state index in [-0.39, 0.29) is 18.2 Å². The summed E-state index contributed by atoms with van der Waals surface area (Å²) >= 11 is 6.17. The van der Waals surface area contributed by atoms with Crippen molar-refractivity contribution in [2.75, 3.05) is 11.9 Å². The Kier molecular flexibility index (Phi) is 4.88. The van der Waals surface area contributed by atoms with Crippen LogP contribution in [0.4, 0.5) is 5.69 Å². The zero-order valence-corrected chi connectivity index (χ0v) is 15.6. The molecule has 0 unspecified atom stereocenters. The molecule has 0 aliphatic carbocycles. The summed E-state index contributed by atoms with van der Waals surface area (Å²) in [5.41, 5.74) is 1.47. The quantitative estimate of drug-likeness (QED) is 0.685. The molecule has 1 N–H and O–H groups in total. The Bertz CT molecular complexity index is 1120. The molecule has 142 valence electrons. The van der Waals surface area contributed by atoms with Gasteiger partial charge in [0.05, 0.1) is 5.92 Å². The van der Waals surface area contributed by atoms with E-state index in [1.54, 1.807) is 35.2 Å². The topological polar surface area (TPSA) is 79.6 Å². The van der Waals surface area contributed by atoms with Crippen molar-refractivity contribution in [3.05, 3.63) is 75.6 Å². The van der Waals surface area contributed by atoms with E-state index >= 15 is 0 Å². The molecule has 6 nitrogen and oxygen atoms in total. The lowest BCUT2D eigenvalue weighted by atomic mass is 10.1. The molecular weight excluding hydrogens is 380 g/mol. The number of rotatable bonds is 4. The summed E-state index contributed by atoms with van der Waals surface area (Å²) in [7, 11) is 0. The Hall–Kier alpha value is -3.12. The van der Waals surface area contributed by atoms with Gasteiger partial charge in [0.1, 0.15) is 5.58 Å². The van der Waals surface area contributed by atoms with Crippen molar-refractivity contribution < 1.29 is 14.0 Å². The fraction of sp³-hybridized carbons (Fsp3) is 0.190. The Morgan fingerprint density at radius 2 is 1.96 bits per heavy atom. The zero-order chi connectivity index (χ0) is 19.7. The van der Waals surface area contributed by atoms with Crippen molar-refractivity contribution in [1.82, 2.24) is 4.90 Å². The van der Waals surface area contributed by atoms with Gasteiger partial charge >= 0.3 is 5.63 Å². The molecule has 2 heterocycles. The molecule has 1 fully saturated rings. The van der Waals surface area contributed by atoms with Crippen LogP contribution in [0.3, 0.4) is 0 Å². The third-order valence-corrected chi connectivity index (χ3v) is 5.16. The normalized spacial score (nSPS) is 16.5. The molecular formula is C21H17ClN2O4. The third-order valence-electron chi connectivity index (χ3n) is 4.79. The maximum absolute atomic E-state index is 12.6. The summed E-state index contributed by atoms with van der Waals surface area (Å²) in [6.45, 7) is 0.732. The van der Waals surface area contributed by atoms with E-state index in [0.717, 1.165) is 5.56 Å². The predicted molar refractivity (Wildman–Crippen MR) is 106 cm³/mol. The number of carbonyl (C=O) groups is 2. The summed E-state index contributed by atoms with van der Waals surface area (Å²) in [6.07, 6.45) is 0.165. The minimum Gasteiger partial charge on any atom is -0.423 e. The first-order chi connectivity index (χ1) is 13.5. The maximum Gasteiger partial charge on any atom is 0.336 e. The molecule has 4 rings (SSSR count). The van der Waals surface area contributed by atoms with Crippen LogP contribution in [0.5, 0.6) is 0 Å². The first-order valence-corrected chi connectivity index (χ1v) is 9.23. The Morgan fingerprint density at radius 1 is 1.14 bits per heavy atom. The summed E-state index contributed by atoms with van der Waals surface area (Å²) in [6, 6.07) is 15.4. The molecule has 28 heavy (non-hydrogen) atoms. The summed E-state index contributed by atoms with van der Waals surface area (Å²) < 4.78 is 5.09. The van der Waals surface area contributed by atoms with Gasteiger partial charge in [-0.15, -0.1) is 0 Å². The number of amides is 2. The summed E-state index contributed by atoms with van der Waals surface area (Å²) in [5.74, 6) is -0.716. The zero-order valence-electron chi connectivity index (χ0n) is 14.9. The highest BCUT2D eigenvalue weighted by molar-refractivity contribution is 6.31. The second kappa shape index (κ2) is 7.48. The summed E-state index contributed by atoms with van der Waals surface area (Å²) in [4.78, 5) is 37.9. The molecule has 7 heteroatoms. The minimum atomic E-state index is -0.431. The fourth-order valence-electron chi connectivity index (χ4n) is 3.33. The van der Waals surface area contributed by atoms with Gasteiger partial charge in [0.15, 0.2) is 0 Å². The van der Waals surface area contributed by atoms with Crippen LogP contribution < -0.4 is 10.9 Å². The number of carbonyl (C=O) groups excluding carboxylic acids is 2. The number of anilines is 1. The monoisotopic (exact) mass is 396 g/mol. The van der Waals surface area contributed by atoms with Crippen molar-refractivity contribution in [2.24, 2.45) is 5.92 Å². The predicted octanol–water partition coefficient (Wildman–Crippen LogP) is 3.43. The Labute approximate surface area is 165 Å². The van der Waals surface area contributed by atoms with Crippen LogP contribution in [-0.2, 0) is 16.1 Å². The van der Waals surface area contributed by atoms with Gasteiger partial charge < -0.3 is 14.6 Å². The molecule has 1 saturated heterocycles. The van der Waals surface area contributed by atoms with Crippen LogP contribution in [0.25, 0.3) is 11.0 Å². The van der Waals surface area contributed by atoms with Gasteiger partial charge in [-0.2, -0.15) is 0 Å². The molecule has 0 bridgehead atoms. The van der Waals surface area contributed by atoms with E-state index in [4.69, 9.17) is 16.0 Å². The molecule has 1 aliphatic rings. The van der Waals surface area contributed by atoms with E-state index in [0.29, 0.717) is 34.8 Å². The van der Waals surface area contributed by atoms with Crippen LogP contribution in [0.2, 0.25) is 5.02 Å². The Morgan fingerprint density at radius 3 is 2.79 bits per heavy atom. The van der Waals surface area contributed by atoms with E-state index in [9.17, 15) is 14.4 Å². The molecule has 1 aliphatic heterocycles. The van der Waals surface area contributed by atoms with Gasteiger partial charge in [-0.3, -0.25) is 9.59 Å². The van der Waals surface area contributed by atoms with Crippen LogP contribution in [-0.4, -0.2) is 23.3 Å². The number of hydrogen-bond acceptors (Lipinski definition) is 4. The van der Waals surface area contributed by atoms with Crippen molar-refractivity contribution in [3.63, 3.8) is 0 Å². The fourth-order valence-corrected chi connectivity index (χ4v) is 3.52. The van der Waals surface area contributed by atoms with Gasteiger partial charge in [0.2, 0.25) is 11.8 Å². The average Bonchev–Trinajstić information content (AvgIpc) is 3.04. The number of hydrogen-bond donors (Lipinski definition) is 1. The lowest BCUT2D eigenvalue weighted by Gasteiger charge is -2.17. The van der Waals surface area contributed by atoms with Gasteiger partial charge in [-0.25, -0.2) is 4.79 Å². The summed E-state index contributed by atoms with van der Waals surface area (Å²) in [5, 5.41) is 4.15. The molecule has 1 aromatic heterocycles. The molecule has 2 amide bonds. The smallest absolute Gasteiger partial charge is 0.336 e. The number of halogens is 1. The van der Waals surface area contributed by atoms with Crippen LogP contribution in [0, 0.1) is 5.92 Å². The first-order valence-electron chi connectivity index (χ1n) is 8.85. The highest BCUT2D eigenvalue weighted by Crippen LogP contribution is 2.25. The number of nitrogens with zero attached hydrogens (tertiary/aromatic N) is 1. The maximum atomic E-state index is 12.6. The van der Waals surface area contributed by atoms with E-state index in [2.05, 4.69) is 5.32 Å². The number of benzene rings is 2. The molecule has 0 radical (unpaired) electrons. The lowest BCUT2D eigenvalue weighted by Crippen LogP contribution is -2.28. The standard InChI is InChI=1S/C21H17ClN2O4/c22-17-4-2-1-3-14(17)11-24-12-15(10-19(24)25)21(27)23-16-6-7-18-13(9-16)5-8-20(26)28-18/h1-9,15H,10-12H2,(H,23,27)/t15-/m0/s1. The molecule has 0 spiro atoms. The highest BCUT2D eigenvalue weighted by Gasteiger charge is 2.34. The second-order valence-corrected chi connectivity index (χ2v) is 7.17. The SMILES string of the molecule is O=C(Nc1ccc2oc(=O)ccc2c1)[C@H]1CC(=O)N(Cc2ccccc2Cl)C1. The van der Waals surface area contributed by atoms with Gasteiger partial charge in [-0.1, -0.05) is 29.8 Å². The van der Waals surface area contributed by atoms with Crippen molar-refractivity contribution >= 4 is 40.1 Å². The number of likely N-dealkylation sites (tertiary alicyclic amines) is 1. The molecule has 1 atom stereocenters. The van der Waals surface area contributed by atoms with Crippen LogP contribution in [0.1, 0.15) is 12.0 Å². The molecule has 3 aromatic rings. The number of fused-ring (bicyclic) bond motifs is 1. The first kappa shape index (κ1) is 18.3. The van der Waals surface area contributed by atoms with Crippen molar-refractivity contribution in [3.8, 4) is 0 Å². The van der Waals surface area contributed by atoms with E-state index in [1.165, 1.54) is 6.07 Å². The highest BCUT2D eigenvalue weighted by atomic mass is 35.5. The third kappa shape index (κ3) is 3.77. The van der Waals surface area contributed by atoms with Crippen LogP contribution >= 0.6 is 11.6 Å². The van der Waals surface area contributed by atoms with Gasteiger partial charge in [-0.05, 0) is 35.9 Å².